The van der Waals surface area contributed by atoms with Gasteiger partial charge in [-0.15, -0.1) is 0 Å². The predicted octanol–water partition coefficient (Wildman–Crippen LogP) is 4.93. The van der Waals surface area contributed by atoms with E-state index in [9.17, 15) is 0 Å². The average Bonchev–Trinajstić information content (AvgIpc) is 2.42. The highest BCUT2D eigenvalue weighted by atomic mass is 79.9. The van der Waals surface area contributed by atoms with Crippen LogP contribution in [0.2, 0.25) is 0 Å². The number of hydrogen-bond donors (Lipinski definition) is 1. The summed E-state index contributed by atoms with van der Waals surface area (Å²) >= 11 is 3.51. The Balaban J connectivity index is 2.03. The molecular formula is C16H24BrN. The first-order chi connectivity index (χ1) is 8.74. The summed E-state index contributed by atoms with van der Waals surface area (Å²) in [4.78, 5) is 0. The van der Waals surface area contributed by atoms with E-state index in [0.717, 1.165) is 16.3 Å². The third-order valence-electron chi connectivity index (χ3n) is 4.48. The van der Waals surface area contributed by atoms with E-state index in [0.29, 0.717) is 6.04 Å². The van der Waals surface area contributed by atoms with Gasteiger partial charge in [0.1, 0.15) is 0 Å². The number of halogens is 1. The van der Waals surface area contributed by atoms with Crippen LogP contribution in [0.25, 0.3) is 0 Å². The molecule has 1 N–H and O–H groups in total. The highest BCUT2D eigenvalue weighted by Gasteiger charge is 2.26. The van der Waals surface area contributed by atoms with E-state index in [1.54, 1.807) is 0 Å². The monoisotopic (exact) mass is 309 g/mol. The third-order valence-corrected chi connectivity index (χ3v) is 5.01. The zero-order valence-electron chi connectivity index (χ0n) is 11.5. The van der Waals surface area contributed by atoms with Crippen LogP contribution in [0.4, 0.5) is 0 Å². The molecule has 1 aromatic rings. The lowest BCUT2D eigenvalue weighted by atomic mass is 9.76. The van der Waals surface area contributed by atoms with Crippen LogP contribution in [0.1, 0.15) is 50.6 Å². The Morgan fingerprint density at radius 1 is 1.17 bits per heavy atom. The highest BCUT2D eigenvalue weighted by Crippen LogP contribution is 2.37. The van der Waals surface area contributed by atoms with E-state index in [4.69, 9.17) is 0 Å². The molecule has 1 aliphatic rings. The normalized spacial score (nSPS) is 25.9. The smallest absolute Gasteiger partial charge is 0.0346 e. The summed E-state index contributed by atoms with van der Waals surface area (Å²) in [5, 5.41) is 3.53. The van der Waals surface area contributed by atoms with Crippen molar-refractivity contribution in [2.24, 2.45) is 11.8 Å². The first kappa shape index (κ1) is 14.1. The van der Waals surface area contributed by atoms with Crippen LogP contribution in [0, 0.1) is 11.8 Å². The van der Waals surface area contributed by atoms with Gasteiger partial charge in [0.15, 0.2) is 0 Å². The molecule has 0 radical (unpaired) electrons. The molecule has 0 heterocycles. The summed E-state index contributed by atoms with van der Waals surface area (Å²) in [7, 11) is 2.10. The van der Waals surface area contributed by atoms with E-state index in [1.165, 1.54) is 37.7 Å². The largest absolute Gasteiger partial charge is 0.313 e. The van der Waals surface area contributed by atoms with Crippen molar-refractivity contribution >= 4 is 15.9 Å². The van der Waals surface area contributed by atoms with Crippen LogP contribution in [0.5, 0.6) is 0 Å². The highest BCUT2D eigenvalue weighted by molar-refractivity contribution is 9.10. The van der Waals surface area contributed by atoms with Crippen molar-refractivity contribution in [1.82, 2.24) is 5.32 Å². The summed E-state index contributed by atoms with van der Waals surface area (Å²) in [6, 6.07) is 9.32. The molecule has 2 heteroatoms. The van der Waals surface area contributed by atoms with Crippen molar-refractivity contribution < 1.29 is 0 Å². The average molecular weight is 310 g/mol. The van der Waals surface area contributed by atoms with Crippen LogP contribution in [-0.2, 0) is 0 Å². The fourth-order valence-corrected chi connectivity index (χ4v) is 3.54. The van der Waals surface area contributed by atoms with Gasteiger partial charge in [0.25, 0.3) is 0 Å². The molecule has 0 saturated heterocycles. The molecule has 1 atom stereocenters. The van der Waals surface area contributed by atoms with Crippen molar-refractivity contribution in [3.05, 3.63) is 34.3 Å². The minimum absolute atomic E-state index is 0.524. The lowest BCUT2D eigenvalue weighted by Crippen LogP contribution is -2.28. The van der Waals surface area contributed by atoms with Gasteiger partial charge < -0.3 is 5.32 Å². The summed E-state index contributed by atoms with van der Waals surface area (Å²) in [6.07, 6.45) is 6.93. The van der Waals surface area contributed by atoms with E-state index < -0.39 is 0 Å². The molecule has 0 spiro atoms. The Bertz CT molecular complexity index is 352. The second-order valence-electron chi connectivity index (χ2n) is 5.51. The van der Waals surface area contributed by atoms with Gasteiger partial charge in [-0.25, -0.2) is 0 Å². The molecule has 100 valence electrons. The predicted molar refractivity (Wildman–Crippen MR) is 81.7 cm³/mol. The van der Waals surface area contributed by atoms with E-state index >= 15 is 0 Å². The quantitative estimate of drug-likeness (QED) is 0.832. The van der Waals surface area contributed by atoms with Crippen LogP contribution >= 0.6 is 15.9 Å². The molecular weight excluding hydrogens is 286 g/mol. The molecule has 0 aromatic heterocycles. The summed E-state index contributed by atoms with van der Waals surface area (Å²) in [5.74, 6) is 1.78. The second-order valence-corrected chi connectivity index (χ2v) is 6.42. The van der Waals surface area contributed by atoms with Crippen molar-refractivity contribution in [1.29, 1.82) is 0 Å². The molecule has 1 aliphatic carbocycles. The van der Waals surface area contributed by atoms with Crippen molar-refractivity contribution in [2.45, 2.75) is 45.1 Å². The van der Waals surface area contributed by atoms with E-state index in [2.05, 4.69) is 59.5 Å². The maximum absolute atomic E-state index is 3.53. The van der Waals surface area contributed by atoms with Gasteiger partial charge in [0.05, 0.1) is 0 Å². The minimum Gasteiger partial charge on any atom is -0.313 e. The molecule has 1 aromatic carbocycles. The number of rotatable bonds is 4. The molecule has 0 bridgehead atoms. The minimum atomic E-state index is 0.524. The first-order valence-corrected chi connectivity index (χ1v) is 7.96. The fourth-order valence-electron chi connectivity index (χ4n) is 3.27. The maximum atomic E-state index is 3.53. The van der Waals surface area contributed by atoms with Gasteiger partial charge >= 0.3 is 0 Å². The maximum Gasteiger partial charge on any atom is 0.0346 e. The molecule has 18 heavy (non-hydrogen) atoms. The Hall–Kier alpha value is -0.340. The molecule has 0 aliphatic heterocycles. The van der Waals surface area contributed by atoms with Crippen LogP contribution in [0.3, 0.4) is 0 Å². The van der Waals surface area contributed by atoms with Crippen molar-refractivity contribution in [2.75, 3.05) is 7.05 Å². The van der Waals surface area contributed by atoms with Gasteiger partial charge in [-0.2, -0.15) is 0 Å². The van der Waals surface area contributed by atoms with Gasteiger partial charge in [-0.1, -0.05) is 54.2 Å². The molecule has 1 unspecified atom stereocenters. The van der Waals surface area contributed by atoms with Gasteiger partial charge in [0, 0.05) is 10.5 Å². The van der Waals surface area contributed by atoms with Crippen molar-refractivity contribution in [3.8, 4) is 0 Å². The summed E-state index contributed by atoms with van der Waals surface area (Å²) in [6.45, 7) is 2.33. The van der Waals surface area contributed by atoms with E-state index in [1.807, 2.05) is 0 Å². The number of nitrogens with one attached hydrogen (secondary N) is 1. The SMILES string of the molecule is CCC1CCC(C(NC)c2ccc(Br)cc2)CC1. The number of hydrogen-bond acceptors (Lipinski definition) is 1. The first-order valence-electron chi connectivity index (χ1n) is 7.17. The molecule has 1 saturated carbocycles. The third kappa shape index (κ3) is 3.36. The van der Waals surface area contributed by atoms with Crippen LogP contribution in [0.15, 0.2) is 28.7 Å². The van der Waals surface area contributed by atoms with Crippen LogP contribution in [-0.4, -0.2) is 7.05 Å². The van der Waals surface area contributed by atoms with Gasteiger partial charge in [0.2, 0.25) is 0 Å². The Morgan fingerprint density at radius 2 is 1.78 bits per heavy atom. The summed E-state index contributed by atoms with van der Waals surface area (Å²) in [5.41, 5.74) is 1.43. The Morgan fingerprint density at radius 3 is 2.28 bits per heavy atom. The zero-order chi connectivity index (χ0) is 13.0. The zero-order valence-corrected chi connectivity index (χ0v) is 13.0. The lowest BCUT2D eigenvalue weighted by molar-refractivity contribution is 0.224. The Labute approximate surface area is 119 Å². The van der Waals surface area contributed by atoms with Crippen LogP contribution < -0.4 is 5.32 Å². The fraction of sp³-hybridized carbons (Fsp3) is 0.625. The Kier molecular flexibility index (Phi) is 5.25. The topological polar surface area (TPSA) is 12.0 Å². The second kappa shape index (κ2) is 6.72. The molecule has 1 fully saturated rings. The lowest BCUT2D eigenvalue weighted by Gasteiger charge is -2.33. The van der Waals surface area contributed by atoms with Gasteiger partial charge in [-0.3, -0.25) is 0 Å². The standard InChI is InChI=1S/C16H24BrN/c1-3-12-4-6-13(7-5-12)16(18-2)14-8-10-15(17)11-9-14/h8-13,16,18H,3-7H2,1-2H3. The van der Waals surface area contributed by atoms with Gasteiger partial charge in [-0.05, 0) is 49.4 Å². The van der Waals surface area contributed by atoms with E-state index in [-0.39, 0.29) is 0 Å². The molecule has 2 rings (SSSR count). The number of benzene rings is 1. The molecule has 1 nitrogen and oxygen atoms in total. The molecule has 0 amide bonds. The van der Waals surface area contributed by atoms with Crippen molar-refractivity contribution in [3.63, 3.8) is 0 Å². The summed E-state index contributed by atoms with van der Waals surface area (Å²) < 4.78 is 1.16.